The van der Waals surface area contributed by atoms with Crippen molar-refractivity contribution in [1.29, 1.82) is 0 Å². The number of benzene rings is 2. The molecule has 15 heteroatoms. The van der Waals surface area contributed by atoms with Crippen molar-refractivity contribution >= 4 is 41.6 Å². The molecule has 0 aliphatic rings. The van der Waals surface area contributed by atoms with Crippen LogP contribution in [0, 0.1) is 5.41 Å². The molecule has 51 heavy (non-hydrogen) atoms. The summed E-state index contributed by atoms with van der Waals surface area (Å²) in [7, 11) is 3.81. The van der Waals surface area contributed by atoms with Crippen molar-refractivity contribution in [2.24, 2.45) is 5.41 Å². The van der Waals surface area contributed by atoms with Gasteiger partial charge in [-0.05, 0) is 95.6 Å². The number of carbonyl (C=O) groups excluding carboxylic acids is 6. The summed E-state index contributed by atoms with van der Waals surface area (Å²) in [5.74, 6) is -1.69. The molecular weight excluding hydrogens is 662 g/mol. The molecule has 0 radical (unpaired) electrons. The molecule has 1 unspecified atom stereocenters. The van der Waals surface area contributed by atoms with E-state index in [4.69, 9.17) is 18.9 Å². The molecule has 0 aliphatic carbocycles. The van der Waals surface area contributed by atoms with Crippen LogP contribution in [0.4, 0.5) is 15.3 Å². The number of nitrogens with zero attached hydrogens (tertiary/aromatic N) is 1. The summed E-state index contributed by atoms with van der Waals surface area (Å²) in [6.07, 6.45) is 1.48. The second-order valence-corrected chi connectivity index (χ2v) is 12.3. The second kappa shape index (κ2) is 22.5. The van der Waals surface area contributed by atoms with Gasteiger partial charge in [0.1, 0.15) is 18.6 Å². The average molecular weight is 714 g/mol. The Labute approximate surface area is 299 Å². The zero-order valence-electron chi connectivity index (χ0n) is 30.1. The lowest BCUT2D eigenvalue weighted by Crippen LogP contribution is -2.40. The molecule has 0 fully saturated rings. The predicted molar refractivity (Wildman–Crippen MR) is 189 cm³/mol. The molecule has 15 nitrogen and oxygen atoms in total. The largest absolute Gasteiger partial charge is 0.508 e. The van der Waals surface area contributed by atoms with Crippen LogP contribution in [0.2, 0.25) is 0 Å². The van der Waals surface area contributed by atoms with E-state index < -0.39 is 23.5 Å². The highest BCUT2D eigenvalue weighted by atomic mass is 16.7. The first-order chi connectivity index (χ1) is 24.3. The van der Waals surface area contributed by atoms with E-state index in [1.54, 1.807) is 48.5 Å². The van der Waals surface area contributed by atoms with E-state index >= 15 is 0 Å². The van der Waals surface area contributed by atoms with Gasteiger partial charge < -0.3 is 45.1 Å². The van der Waals surface area contributed by atoms with Crippen molar-refractivity contribution in [1.82, 2.24) is 20.9 Å². The monoisotopic (exact) mass is 713 g/mol. The maximum Gasteiger partial charge on any atom is 0.508 e. The molecule has 0 spiro atoms. The van der Waals surface area contributed by atoms with Crippen LogP contribution in [0.5, 0.6) is 0 Å². The molecule has 4 N–H and O–H groups in total. The van der Waals surface area contributed by atoms with Crippen LogP contribution in [0.1, 0.15) is 72.7 Å². The smallest absolute Gasteiger partial charge is 0.465 e. The van der Waals surface area contributed by atoms with E-state index in [1.165, 1.54) is 13.8 Å². The lowest BCUT2D eigenvalue weighted by molar-refractivity contribution is -0.165. The molecular formula is C36H51N5O10. The van der Waals surface area contributed by atoms with Gasteiger partial charge in [0.2, 0.25) is 0 Å². The highest BCUT2D eigenvalue weighted by Gasteiger charge is 2.38. The summed E-state index contributed by atoms with van der Waals surface area (Å²) in [6.45, 7) is 6.01. The van der Waals surface area contributed by atoms with Crippen LogP contribution < -0.4 is 21.3 Å². The van der Waals surface area contributed by atoms with Gasteiger partial charge in [-0.2, -0.15) is 0 Å². The van der Waals surface area contributed by atoms with Crippen molar-refractivity contribution in [3.05, 3.63) is 65.2 Å². The van der Waals surface area contributed by atoms with Crippen molar-refractivity contribution < 1.29 is 47.7 Å². The minimum absolute atomic E-state index is 0.0809. The third-order valence-corrected chi connectivity index (χ3v) is 7.32. The number of carbonyl (C=O) groups is 6. The normalized spacial score (nSPS) is 11.8. The number of hydrogen-bond donors (Lipinski definition) is 4. The lowest BCUT2D eigenvalue weighted by Gasteiger charge is -2.26. The molecule has 2 aromatic carbocycles. The Kier molecular flexibility index (Phi) is 18.5. The summed E-state index contributed by atoms with van der Waals surface area (Å²) in [4.78, 5) is 74.7. The number of urea groups is 1. The Morgan fingerprint density at radius 1 is 0.706 bits per heavy atom. The van der Waals surface area contributed by atoms with Gasteiger partial charge in [-0.25, -0.2) is 9.59 Å². The number of ether oxygens (including phenoxy) is 4. The Hall–Kier alpha value is -5.18. The Morgan fingerprint density at radius 2 is 1.31 bits per heavy atom. The van der Waals surface area contributed by atoms with Gasteiger partial charge >= 0.3 is 24.1 Å². The average Bonchev–Trinajstić information content (AvgIpc) is 3.10. The molecule has 0 heterocycles. The highest BCUT2D eigenvalue weighted by Crippen LogP contribution is 2.21. The molecule has 1 atom stereocenters. The zero-order chi connectivity index (χ0) is 37.6. The molecule has 0 bridgehead atoms. The van der Waals surface area contributed by atoms with Crippen LogP contribution >= 0.6 is 0 Å². The molecule has 0 saturated heterocycles. The van der Waals surface area contributed by atoms with Gasteiger partial charge in [0.05, 0.1) is 13.2 Å². The summed E-state index contributed by atoms with van der Waals surface area (Å²) in [6, 6.07) is 13.1. The first kappa shape index (κ1) is 42.0. The molecule has 280 valence electrons. The van der Waals surface area contributed by atoms with Crippen LogP contribution in [0.3, 0.4) is 0 Å². The van der Waals surface area contributed by atoms with Gasteiger partial charge in [0.15, 0.2) is 0 Å². The Morgan fingerprint density at radius 3 is 1.92 bits per heavy atom. The fraction of sp³-hybridized carbons (Fsp3) is 0.500. The minimum Gasteiger partial charge on any atom is -0.465 e. The van der Waals surface area contributed by atoms with Crippen LogP contribution in [0.25, 0.3) is 0 Å². The maximum absolute atomic E-state index is 12.7. The topological polar surface area (TPSA) is 191 Å². The standard InChI is InChI=1S/C36H51N5O10/c1-6-37-31(43)28-13-15-29(16-14-28)32(44)39-23-27-11-17-30(18-12-27)40-34(46)38-19-8-7-9-21-49-35(47)51-25-36(3,24-50-26(2)42)33(45)48-22-10-20-41(4)5/h11-18H,6-10,19-25H2,1-5H3,(H,37,43)(H,39,44)(H2,38,40,46). The number of amides is 4. The number of rotatable bonds is 21. The lowest BCUT2D eigenvalue weighted by atomic mass is 9.93. The number of esters is 2. The van der Waals surface area contributed by atoms with Crippen molar-refractivity contribution in [3.8, 4) is 0 Å². The number of nitrogens with one attached hydrogen (secondary N) is 4. The molecule has 0 aliphatic heterocycles. The SMILES string of the molecule is CCNC(=O)c1ccc(C(=O)NCc2ccc(NC(=O)NCCCCCOC(=O)OCC(C)(COC(C)=O)C(=O)OCCCN(C)C)cc2)cc1. The maximum atomic E-state index is 12.7. The first-order valence-corrected chi connectivity index (χ1v) is 16.9. The van der Waals surface area contributed by atoms with Gasteiger partial charge in [-0.3, -0.25) is 19.2 Å². The van der Waals surface area contributed by atoms with Crippen molar-refractivity contribution in [2.45, 2.75) is 53.0 Å². The van der Waals surface area contributed by atoms with Crippen molar-refractivity contribution in [3.63, 3.8) is 0 Å². The fourth-order valence-electron chi connectivity index (χ4n) is 4.36. The minimum atomic E-state index is -1.39. The predicted octanol–water partition coefficient (Wildman–Crippen LogP) is 3.88. The van der Waals surface area contributed by atoms with Gasteiger partial charge in [0.25, 0.3) is 11.8 Å². The van der Waals surface area contributed by atoms with Crippen LogP contribution in [-0.4, -0.2) is 101 Å². The van der Waals surface area contributed by atoms with E-state index in [9.17, 15) is 28.8 Å². The fourth-order valence-corrected chi connectivity index (χ4v) is 4.36. The van der Waals surface area contributed by atoms with Gasteiger partial charge in [-0.15, -0.1) is 0 Å². The third kappa shape index (κ3) is 16.9. The van der Waals surface area contributed by atoms with Crippen LogP contribution in [0.15, 0.2) is 48.5 Å². The Bertz CT molecular complexity index is 1430. The number of hydrogen-bond acceptors (Lipinski definition) is 11. The van der Waals surface area contributed by atoms with Crippen molar-refractivity contribution in [2.75, 3.05) is 65.5 Å². The van der Waals surface area contributed by atoms with E-state index in [1.807, 2.05) is 25.9 Å². The first-order valence-electron chi connectivity index (χ1n) is 16.9. The molecule has 2 rings (SSSR count). The van der Waals surface area contributed by atoms with E-state index in [2.05, 4.69) is 21.3 Å². The summed E-state index contributed by atoms with van der Waals surface area (Å²) in [5, 5.41) is 11.1. The zero-order valence-corrected chi connectivity index (χ0v) is 30.1. The second-order valence-electron chi connectivity index (χ2n) is 12.3. The quantitative estimate of drug-likeness (QED) is 0.0835. The number of anilines is 1. The molecule has 0 aromatic heterocycles. The van der Waals surface area contributed by atoms with Gasteiger partial charge in [0, 0.05) is 49.9 Å². The summed E-state index contributed by atoms with van der Waals surface area (Å²) in [5.41, 5.74) is 0.947. The Balaban J connectivity index is 1.62. The summed E-state index contributed by atoms with van der Waals surface area (Å²) < 4.78 is 20.5. The van der Waals surface area contributed by atoms with E-state index in [-0.39, 0.29) is 50.8 Å². The number of unbranched alkanes of at least 4 members (excludes halogenated alkanes) is 2. The molecule has 4 amide bonds. The third-order valence-electron chi connectivity index (χ3n) is 7.32. The highest BCUT2D eigenvalue weighted by molar-refractivity contribution is 5.97. The van der Waals surface area contributed by atoms with E-state index in [0.717, 1.165) is 12.1 Å². The summed E-state index contributed by atoms with van der Waals surface area (Å²) >= 11 is 0. The molecule has 0 saturated carbocycles. The molecule has 2 aromatic rings. The van der Waals surface area contributed by atoms with Gasteiger partial charge in [-0.1, -0.05) is 12.1 Å². The van der Waals surface area contributed by atoms with E-state index in [0.29, 0.717) is 55.6 Å². The van der Waals surface area contributed by atoms with Crippen LogP contribution in [-0.2, 0) is 35.1 Å².